The Hall–Kier alpha value is -2.94. The van der Waals surface area contributed by atoms with Crippen LogP contribution in [0.3, 0.4) is 0 Å². The first-order valence-corrected chi connectivity index (χ1v) is 9.86. The average Bonchev–Trinajstić information content (AvgIpc) is 3.19. The highest BCUT2D eigenvalue weighted by Gasteiger charge is 2.27. The van der Waals surface area contributed by atoms with Crippen LogP contribution in [0.25, 0.3) is 0 Å². The summed E-state index contributed by atoms with van der Waals surface area (Å²) in [5, 5.41) is 8.48. The molecule has 0 radical (unpaired) electrons. The van der Waals surface area contributed by atoms with Gasteiger partial charge in [-0.05, 0) is 12.1 Å². The van der Waals surface area contributed by atoms with Gasteiger partial charge in [0.25, 0.3) is 5.91 Å². The van der Waals surface area contributed by atoms with Crippen molar-refractivity contribution in [1.82, 2.24) is 24.8 Å². The molecule has 2 aliphatic rings. The van der Waals surface area contributed by atoms with Crippen molar-refractivity contribution in [2.24, 2.45) is 0 Å². The number of ether oxygens (including phenoxy) is 2. The summed E-state index contributed by atoms with van der Waals surface area (Å²) in [5.41, 5.74) is 2.22. The number of para-hydroxylation sites is 1. The molecule has 29 heavy (non-hydrogen) atoms. The minimum absolute atomic E-state index is 0.0785. The Morgan fingerprint density at radius 3 is 2.69 bits per heavy atom. The van der Waals surface area contributed by atoms with Crippen LogP contribution in [0.1, 0.15) is 28.2 Å². The molecule has 2 aromatic rings. The summed E-state index contributed by atoms with van der Waals surface area (Å²) >= 11 is 0. The number of fused-ring (bicyclic) bond motifs is 1. The van der Waals surface area contributed by atoms with Crippen LogP contribution >= 0.6 is 0 Å². The first-order chi connectivity index (χ1) is 14.2. The summed E-state index contributed by atoms with van der Waals surface area (Å²) in [6.07, 6.45) is 0.897. The molecule has 9 nitrogen and oxygen atoms in total. The van der Waals surface area contributed by atoms with E-state index >= 15 is 0 Å². The van der Waals surface area contributed by atoms with Gasteiger partial charge >= 0.3 is 0 Å². The second-order valence-electron chi connectivity index (χ2n) is 7.13. The fourth-order valence-electron chi connectivity index (χ4n) is 3.75. The van der Waals surface area contributed by atoms with E-state index in [0.717, 1.165) is 11.4 Å². The molecule has 0 bridgehead atoms. The minimum Gasteiger partial charge on any atom is -0.496 e. The topological polar surface area (TPSA) is 89.8 Å². The van der Waals surface area contributed by atoms with Gasteiger partial charge in [0.05, 0.1) is 50.4 Å². The molecule has 0 N–H and O–H groups in total. The summed E-state index contributed by atoms with van der Waals surface area (Å²) < 4.78 is 12.5. The van der Waals surface area contributed by atoms with Crippen LogP contribution in [0.2, 0.25) is 0 Å². The lowest BCUT2D eigenvalue weighted by Gasteiger charge is -2.28. The molecule has 3 heterocycles. The lowest BCUT2D eigenvalue weighted by molar-refractivity contribution is -0.135. The molecule has 1 aromatic carbocycles. The fourth-order valence-corrected chi connectivity index (χ4v) is 3.75. The Balaban J connectivity index is 1.43. The maximum absolute atomic E-state index is 13.0. The number of hydrogen-bond donors (Lipinski definition) is 0. The number of amides is 2. The maximum atomic E-state index is 13.0. The third-order valence-corrected chi connectivity index (χ3v) is 5.40. The molecule has 0 atom stereocenters. The van der Waals surface area contributed by atoms with Crippen molar-refractivity contribution < 1.29 is 19.1 Å². The number of carbonyl (C=O) groups is 2. The number of morpholine rings is 1. The van der Waals surface area contributed by atoms with Crippen molar-refractivity contribution in [3.8, 4) is 5.75 Å². The van der Waals surface area contributed by atoms with Crippen molar-refractivity contribution >= 4 is 11.8 Å². The number of benzene rings is 1. The number of aromatic nitrogens is 3. The van der Waals surface area contributed by atoms with E-state index in [1.807, 2.05) is 21.7 Å². The molecule has 0 aliphatic carbocycles. The Labute approximate surface area is 169 Å². The van der Waals surface area contributed by atoms with E-state index in [4.69, 9.17) is 9.47 Å². The van der Waals surface area contributed by atoms with Crippen LogP contribution in [-0.4, -0.2) is 76.6 Å². The summed E-state index contributed by atoms with van der Waals surface area (Å²) in [6.45, 7) is 4.02. The Morgan fingerprint density at radius 1 is 1.10 bits per heavy atom. The second-order valence-corrected chi connectivity index (χ2v) is 7.13. The summed E-state index contributed by atoms with van der Waals surface area (Å²) in [6, 6.07) is 7.22. The molecule has 0 spiro atoms. The van der Waals surface area contributed by atoms with Gasteiger partial charge in [0.15, 0.2) is 0 Å². The normalized spacial score (nSPS) is 16.4. The SMILES string of the molecule is COc1ccccc1C(=O)N1CCn2nnc(CCC(=O)N3CCOCC3)c2C1. The van der Waals surface area contributed by atoms with Crippen molar-refractivity contribution in [2.45, 2.75) is 25.9 Å². The highest BCUT2D eigenvalue weighted by atomic mass is 16.5. The van der Waals surface area contributed by atoms with E-state index in [1.165, 1.54) is 0 Å². The number of hydrogen-bond acceptors (Lipinski definition) is 6. The largest absolute Gasteiger partial charge is 0.496 e. The Kier molecular flexibility index (Phi) is 5.75. The van der Waals surface area contributed by atoms with Crippen LogP contribution in [0.5, 0.6) is 5.75 Å². The van der Waals surface area contributed by atoms with E-state index in [9.17, 15) is 9.59 Å². The van der Waals surface area contributed by atoms with Gasteiger partial charge in [-0.2, -0.15) is 0 Å². The molecular weight excluding hydrogens is 374 g/mol. The summed E-state index contributed by atoms with van der Waals surface area (Å²) in [4.78, 5) is 29.1. The molecule has 4 rings (SSSR count). The van der Waals surface area contributed by atoms with E-state index in [2.05, 4.69) is 10.3 Å². The van der Waals surface area contributed by atoms with Crippen molar-refractivity contribution in [3.05, 3.63) is 41.2 Å². The molecule has 154 valence electrons. The number of carbonyl (C=O) groups excluding carboxylic acids is 2. The molecule has 1 saturated heterocycles. The molecule has 1 aromatic heterocycles. The van der Waals surface area contributed by atoms with E-state index in [1.54, 1.807) is 24.1 Å². The van der Waals surface area contributed by atoms with Crippen LogP contribution in [0, 0.1) is 0 Å². The number of rotatable bonds is 5. The van der Waals surface area contributed by atoms with E-state index < -0.39 is 0 Å². The number of aryl methyl sites for hydroxylation is 1. The number of methoxy groups -OCH3 is 1. The maximum Gasteiger partial charge on any atom is 0.258 e. The van der Waals surface area contributed by atoms with E-state index in [0.29, 0.717) is 70.1 Å². The Morgan fingerprint density at radius 2 is 1.90 bits per heavy atom. The zero-order valence-electron chi connectivity index (χ0n) is 16.5. The van der Waals surface area contributed by atoms with Gasteiger partial charge in [-0.1, -0.05) is 17.3 Å². The van der Waals surface area contributed by atoms with Crippen molar-refractivity contribution in [2.75, 3.05) is 40.0 Å². The van der Waals surface area contributed by atoms with Gasteiger partial charge in [0.2, 0.25) is 5.91 Å². The van der Waals surface area contributed by atoms with Crippen LogP contribution in [0.15, 0.2) is 24.3 Å². The molecule has 0 saturated carbocycles. The van der Waals surface area contributed by atoms with Gasteiger partial charge in [-0.15, -0.1) is 5.10 Å². The molecule has 9 heteroatoms. The van der Waals surface area contributed by atoms with Gasteiger partial charge in [0.1, 0.15) is 5.75 Å². The van der Waals surface area contributed by atoms with Crippen LogP contribution in [0.4, 0.5) is 0 Å². The summed E-state index contributed by atoms with van der Waals surface area (Å²) in [7, 11) is 1.56. The Bertz CT molecular complexity index is 891. The highest BCUT2D eigenvalue weighted by molar-refractivity contribution is 5.97. The monoisotopic (exact) mass is 399 g/mol. The quantitative estimate of drug-likeness (QED) is 0.737. The minimum atomic E-state index is -0.0785. The molecule has 0 unspecified atom stereocenters. The third-order valence-electron chi connectivity index (χ3n) is 5.40. The predicted octanol–water partition coefficient (Wildman–Crippen LogP) is 0.734. The lowest BCUT2D eigenvalue weighted by atomic mass is 10.1. The van der Waals surface area contributed by atoms with Crippen LogP contribution in [-0.2, 0) is 29.0 Å². The molecule has 2 amide bonds. The molecule has 1 fully saturated rings. The van der Waals surface area contributed by atoms with Gasteiger partial charge < -0.3 is 19.3 Å². The van der Waals surface area contributed by atoms with Crippen molar-refractivity contribution in [1.29, 1.82) is 0 Å². The predicted molar refractivity (Wildman–Crippen MR) is 103 cm³/mol. The zero-order chi connectivity index (χ0) is 20.2. The van der Waals surface area contributed by atoms with E-state index in [-0.39, 0.29) is 11.8 Å². The van der Waals surface area contributed by atoms with Crippen molar-refractivity contribution in [3.63, 3.8) is 0 Å². The number of nitrogens with zero attached hydrogens (tertiary/aromatic N) is 5. The molecular formula is C20H25N5O4. The van der Waals surface area contributed by atoms with Gasteiger partial charge in [-0.25, -0.2) is 4.68 Å². The standard InChI is InChI=1S/C20H25N5O4/c1-28-18-5-3-2-4-15(18)20(27)24-8-9-25-17(14-24)16(21-22-25)6-7-19(26)23-10-12-29-13-11-23/h2-5H,6-14H2,1H3. The third kappa shape index (κ3) is 4.09. The highest BCUT2D eigenvalue weighted by Crippen LogP contribution is 2.23. The zero-order valence-corrected chi connectivity index (χ0v) is 16.5. The smallest absolute Gasteiger partial charge is 0.258 e. The van der Waals surface area contributed by atoms with Crippen LogP contribution < -0.4 is 4.74 Å². The summed E-state index contributed by atoms with van der Waals surface area (Å²) in [5.74, 6) is 0.587. The van der Waals surface area contributed by atoms with Gasteiger partial charge in [-0.3, -0.25) is 9.59 Å². The lowest BCUT2D eigenvalue weighted by Crippen LogP contribution is -2.41. The first-order valence-electron chi connectivity index (χ1n) is 9.86. The molecule has 2 aliphatic heterocycles. The van der Waals surface area contributed by atoms with Gasteiger partial charge in [0, 0.05) is 32.5 Å². The first kappa shape index (κ1) is 19.4. The fraction of sp³-hybridized carbons (Fsp3) is 0.500. The second kappa shape index (κ2) is 8.60. The average molecular weight is 399 g/mol.